The summed E-state index contributed by atoms with van der Waals surface area (Å²) in [5, 5.41) is 13.0. The molecule has 0 bridgehead atoms. The third-order valence-electron chi connectivity index (χ3n) is 7.96. The summed E-state index contributed by atoms with van der Waals surface area (Å²) >= 11 is 0. The first-order valence-electron chi connectivity index (χ1n) is 14.4. The number of allylic oxidation sites excluding steroid dienone is 1. The number of nitrogens with one attached hydrogen (secondary N) is 1. The van der Waals surface area contributed by atoms with Crippen LogP contribution in [0.2, 0.25) is 0 Å². The number of aliphatic imine (C=N–C) groups is 1. The van der Waals surface area contributed by atoms with Crippen LogP contribution in [0.5, 0.6) is 5.75 Å². The predicted molar refractivity (Wildman–Crippen MR) is 164 cm³/mol. The van der Waals surface area contributed by atoms with Crippen LogP contribution >= 0.6 is 0 Å². The largest absolute Gasteiger partial charge is 0.507 e. The van der Waals surface area contributed by atoms with Gasteiger partial charge < -0.3 is 20.1 Å². The molecule has 1 saturated heterocycles. The van der Waals surface area contributed by atoms with Gasteiger partial charge in [-0.15, -0.1) is 6.58 Å². The van der Waals surface area contributed by atoms with Crippen molar-refractivity contribution in [3.8, 4) is 5.75 Å². The number of ether oxygens (including phenoxy) is 1. The molecular formula is C34H33F3N4O4. The molecule has 5 rings (SSSR count). The van der Waals surface area contributed by atoms with Crippen LogP contribution in [0.15, 0.2) is 102 Å². The van der Waals surface area contributed by atoms with E-state index in [2.05, 4.69) is 23.8 Å². The van der Waals surface area contributed by atoms with Gasteiger partial charge in [-0.2, -0.15) is 13.2 Å². The van der Waals surface area contributed by atoms with Crippen LogP contribution in [0.4, 0.5) is 23.7 Å². The Morgan fingerprint density at radius 3 is 2.49 bits per heavy atom. The number of alkyl halides is 3. The van der Waals surface area contributed by atoms with E-state index >= 15 is 0 Å². The standard InChI is InChI=1S/C34H33F3N4O4/c1-3-14-33(2)15-16-40-21-26(19-38-31(33)40)41(32(44)45-22-23-10-6-4-7-11-23)20-24-17-28(34(35,36)37)29(42)18-27(24)30(43)39-25-12-8-5-9-13-25/h3-13,17-19,42H,1,14-16,20-22H2,2H3,(H,39,43)/t33-/m1/s1. The smallest absolute Gasteiger partial charge is 0.419 e. The van der Waals surface area contributed by atoms with Gasteiger partial charge in [0.05, 0.1) is 30.5 Å². The Morgan fingerprint density at radius 2 is 1.82 bits per heavy atom. The van der Waals surface area contributed by atoms with Crippen LogP contribution in [-0.2, 0) is 24.1 Å². The lowest BCUT2D eigenvalue weighted by Crippen LogP contribution is -2.41. The number of fused-ring (bicyclic) bond motifs is 1. The molecule has 0 unspecified atom stereocenters. The molecule has 0 spiro atoms. The number of rotatable bonds is 9. The lowest BCUT2D eigenvalue weighted by atomic mass is 9.84. The second-order valence-corrected chi connectivity index (χ2v) is 11.3. The van der Waals surface area contributed by atoms with E-state index in [1.54, 1.807) is 54.6 Å². The normalized spacial score (nSPS) is 17.6. The van der Waals surface area contributed by atoms with Gasteiger partial charge in [0.1, 0.15) is 18.2 Å². The highest BCUT2D eigenvalue weighted by atomic mass is 19.4. The average molecular weight is 619 g/mol. The number of benzene rings is 3. The molecule has 45 heavy (non-hydrogen) atoms. The van der Waals surface area contributed by atoms with Gasteiger partial charge in [0.2, 0.25) is 0 Å². The predicted octanol–water partition coefficient (Wildman–Crippen LogP) is 7.34. The van der Waals surface area contributed by atoms with Crippen LogP contribution in [0, 0.1) is 5.41 Å². The molecule has 2 N–H and O–H groups in total. The van der Waals surface area contributed by atoms with Gasteiger partial charge in [0.25, 0.3) is 5.91 Å². The van der Waals surface area contributed by atoms with E-state index in [1.807, 2.05) is 17.0 Å². The van der Waals surface area contributed by atoms with Crippen molar-refractivity contribution in [2.45, 2.75) is 39.1 Å². The van der Waals surface area contributed by atoms with Gasteiger partial charge in [-0.3, -0.25) is 9.69 Å². The van der Waals surface area contributed by atoms with Crippen molar-refractivity contribution in [3.05, 3.63) is 120 Å². The second-order valence-electron chi connectivity index (χ2n) is 11.3. The summed E-state index contributed by atoms with van der Waals surface area (Å²) in [7, 11) is 0. The number of phenolic OH excluding ortho intramolecular Hbond substituents is 1. The van der Waals surface area contributed by atoms with Crippen LogP contribution in [0.3, 0.4) is 0 Å². The van der Waals surface area contributed by atoms with Crippen LogP contribution in [0.1, 0.15) is 46.8 Å². The molecule has 2 heterocycles. The van der Waals surface area contributed by atoms with Crippen molar-refractivity contribution in [2.75, 3.05) is 18.4 Å². The summed E-state index contributed by atoms with van der Waals surface area (Å²) in [5.41, 5.74) is -0.427. The Bertz CT molecular complexity index is 1640. The Morgan fingerprint density at radius 1 is 1.13 bits per heavy atom. The molecule has 1 fully saturated rings. The molecule has 11 heteroatoms. The third kappa shape index (κ3) is 7.03. The fourth-order valence-electron chi connectivity index (χ4n) is 5.58. The molecular weight excluding hydrogens is 585 g/mol. The van der Waals surface area contributed by atoms with E-state index in [0.717, 1.165) is 23.9 Å². The zero-order valence-electron chi connectivity index (χ0n) is 24.7. The first kappa shape index (κ1) is 31.4. The first-order valence-corrected chi connectivity index (χ1v) is 14.4. The number of halogens is 3. The lowest BCUT2D eigenvalue weighted by Gasteiger charge is -2.34. The minimum Gasteiger partial charge on any atom is -0.507 e. The summed E-state index contributed by atoms with van der Waals surface area (Å²) in [5.74, 6) is -1.02. The third-order valence-corrected chi connectivity index (χ3v) is 7.96. The zero-order valence-corrected chi connectivity index (χ0v) is 24.7. The van der Waals surface area contributed by atoms with E-state index in [1.165, 1.54) is 11.1 Å². The minimum absolute atomic E-state index is 0.0795. The second kappa shape index (κ2) is 12.9. The number of carbonyl (C=O) groups excluding carboxylic acids is 2. The highest BCUT2D eigenvalue weighted by Gasteiger charge is 2.42. The summed E-state index contributed by atoms with van der Waals surface area (Å²) < 4.78 is 47.4. The highest BCUT2D eigenvalue weighted by molar-refractivity contribution is 6.05. The number of phenols is 1. The van der Waals surface area contributed by atoms with Crippen molar-refractivity contribution in [1.82, 2.24) is 9.80 Å². The first-order chi connectivity index (χ1) is 21.5. The molecule has 3 aromatic carbocycles. The van der Waals surface area contributed by atoms with Gasteiger partial charge in [-0.1, -0.05) is 61.5 Å². The van der Waals surface area contributed by atoms with Gasteiger partial charge in [0, 0.05) is 23.2 Å². The Hall–Kier alpha value is -5.06. The van der Waals surface area contributed by atoms with Crippen LogP contribution < -0.4 is 5.32 Å². The minimum atomic E-state index is -4.92. The van der Waals surface area contributed by atoms with Crippen molar-refractivity contribution in [2.24, 2.45) is 10.4 Å². The zero-order chi connectivity index (χ0) is 32.2. The summed E-state index contributed by atoms with van der Waals surface area (Å²) in [4.78, 5) is 34.9. The van der Waals surface area contributed by atoms with Gasteiger partial charge >= 0.3 is 12.3 Å². The Kier molecular flexibility index (Phi) is 8.99. The molecule has 1 atom stereocenters. The molecule has 234 valence electrons. The Balaban J connectivity index is 1.54. The highest BCUT2D eigenvalue weighted by Crippen LogP contribution is 2.40. The van der Waals surface area contributed by atoms with Crippen molar-refractivity contribution >= 4 is 23.5 Å². The summed E-state index contributed by atoms with van der Waals surface area (Å²) in [6, 6.07) is 18.8. The molecule has 0 saturated carbocycles. The molecule has 3 aromatic rings. The van der Waals surface area contributed by atoms with E-state index in [0.29, 0.717) is 30.4 Å². The maximum Gasteiger partial charge on any atom is 0.419 e. The maximum absolute atomic E-state index is 13.9. The molecule has 0 aromatic heterocycles. The monoisotopic (exact) mass is 618 g/mol. The lowest BCUT2D eigenvalue weighted by molar-refractivity contribution is -0.138. The maximum atomic E-state index is 13.9. The number of para-hydroxylation sites is 1. The SMILES string of the molecule is C=CC[C@]1(C)CCN2CC(N(Cc3cc(C(F)(F)F)c(O)cc3C(=O)Nc3ccccc3)C(=O)OCc3ccccc3)=CN=C21. The summed E-state index contributed by atoms with van der Waals surface area (Å²) in [6.45, 7) is 6.32. The van der Waals surface area contributed by atoms with Gasteiger partial charge in [0.15, 0.2) is 0 Å². The molecule has 0 radical (unpaired) electrons. The molecule has 2 amide bonds. The average Bonchev–Trinajstić information content (AvgIpc) is 3.34. The topological polar surface area (TPSA) is 94.5 Å². The van der Waals surface area contributed by atoms with Gasteiger partial charge in [-0.25, -0.2) is 9.79 Å². The number of hydrogen-bond acceptors (Lipinski definition) is 6. The fraction of sp³-hybridized carbons (Fsp3) is 0.265. The van der Waals surface area contributed by atoms with Crippen molar-refractivity contribution in [1.29, 1.82) is 0 Å². The summed E-state index contributed by atoms with van der Waals surface area (Å²) in [6.07, 6.45) is -0.857. The quantitative estimate of drug-likeness (QED) is 0.245. The fourth-order valence-corrected chi connectivity index (χ4v) is 5.58. The van der Waals surface area contributed by atoms with Crippen LogP contribution in [-0.4, -0.2) is 45.8 Å². The van der Waals surface area contributed by atoms with Gasteiger partial charge in [-0.05, 0) is 48.2 Å². The molecule has 2 aliphatic rings. The van der Waals surface area contributed by atoms with E-state index in [9.17, 15) is 27.9 Å². The molecule has 8 nitrogen and oxygen atoms in total. The number of amidine groups is 1. The molecule has 2 aliphatic heterocycles. The number of hydrogen-bond donors (Lipinski definition) is 2. The van der Waals surface area contributed by atoms with Crippen LogP contribution in [0.25, 0.3) is 0 Å². The number of anilines is 1. The number of aromatic hydroxyl groups is 1. The number of amides is 2. The number of nitrogens with zero attached hydrogens (tertiary/aromatic N) is 3. The molecule has 0 aliphatic carbocycles. The van der Waals surface area contributed by atoms with E-state index in [4.69, 9.17) is 4.74 Å². The van der Waals surface area contributed by atoms with Crippen molar-refractivity contribution in [3.63, 3.8) is 0 Å². The number of carbonyl (C=O) groups is 2. The van der Waals surface area contributed by atoms with E-state index in [-0.39, 0.29) is 29.7 Å². The van der Waals surface area contributed by atoms with Crippen molar-refractivity contribution < 1.29 is 32.6 Å². The van der Waals surface area contributed by atoms with E-state index < -0.39 is 36.0 Å². The Labute approximate surface area is 259 Å².